The molecule has 0 fully saturated rings. The highest BCUT2D eigenvalue weighted by Crippen LogP contribution is 2.04. The maximum Gasteiger partial charge on any atom is 0.326 e. The molecule has 0 bridgehead atoms. The summed E-state index contributed by atoms with van der Waals surface area (Å²) in [6.45, 7) is 0.404. The van der Waals surface area contributed by atoms with Crippen LogP contribution in [-0.2, 0) is 9.53 Å². The average Bonchev–Trinajstić information content (AvgIpc) is 2.37. The number of pyridine rings is 1. The lowest BCUT2D eigenvalue weighted by molar-refractivity contribution is -0.139. The highest BCUT2D eigenvalue weighted by atomic mass is 19.1. The highest BCUT2D eigenvalue weighted by molar-refractivity contribution is 5.96. The molecule has 1 heterocycles. The first-order chi connectivity index (χ1) is 9.04. The van der Waals surface area contributed by atoms with Crippen LogP contribution in [0.15, 0.2) is 18.5 Å². The van der Waals surface area contributed by atoms with Gasteiger partial charge >= 0.3 is 5.97 Å². The fraction of sp³-hybridized carbons (Fsp3) is 0.417. The van der Waals surface area contributed by atoms with Crippen molar-refractivity contribution in [2.45, 2.75) is 18.9 Å². The van der Waals surface area contributed by atoms with Gasteiger partial charge in [0.2, 0.25) is 0 Å². The van der Waals surface area contributed by atoms with Crippen molar-refractivity contribution in [3.8, 4) is 0 Å². The zero-order chi connectivity index (χ0) is 14.3. The van der Waals surface area contributed by atoms with Gasteiger partial charge in [-0.1, -0.05) is 0 Å². The van der Waals surface area contributed by atoms with Crippen molar-refractivity contribution >= 4 is 11.9 Å². The van der Waals surface area contributed by atoms with Gasteiger partial charge in [0.1, 0.15) is 11.9 Å². The molecular weight excluding hydrogens is 255 g/mol. The van der Waals surface area contributed by atoms with E-state index < -0.39 is 23.7 Å². The van der Waals surface area contributed by atoms with Crippen LogP contribution in [0.1, 0.15) is 23.2 Å². The number of aliphatic carboxylic acids is 1. The van der Waals surface area contributed by atoms with E-state index in [0.29, 0.717) is 13.0 Å². The van der Waals surface area contributed by atoms with Gasteiger partial charge in [-0.2, -0.15) is 0 Å². The van der Waals surface area contributed by atoms with Crippen LogP contribution in [0.5, 0.6) is 0 Å². The number of carbonyl (C=O) groups is 2. The Hall–Kier alpha value is -2.02. The van der Waals surface area contributed by atoms with E-state index in [1.165, 1.54) is 13.3 Å². The Bertz CT molecular complexity index is 453. The topological polar surface area (TPSA) is 88.5 Å². The summed E-state index contributed by atoms with van der Waals surface area (Å²) in [5, 5.41) is 11.3. The van der Waals surface area contributed by atoms with Crippen LogP contribution in [0, 0.1) is 5.82 Å². The molecule has 0 aliphatic carbocycles. The monoisotopic (exact) mass is 270 g/mol. The minimum atomic E-state index is -1.14. The van der Waals surface area contributed by atoms with Crippen molar-refractivity contribution in [1.29, 1.82) is 0 Å². The molecule has 0 aliphatic heterocycles. The number of nitrogens with one attached hydrogen (secondary N) is 1. The van der Waals surface area contributed by atoms with Crippen LogP contribution < -0.4 is 5.32 Å². The second kappa shape index (κ2) is 7.42. The fourth-order valence-corrected chi connectivity index (χ4v) is 1.47. The molecule has 1 amide bonds. The molecule has 7 heteroatoms. The normalized spacial score (nSPS) is 11.9. The van der Waals surface area contributed by atoms with Crippen molar-refractivity contribution in [1.82, 2.24) is 10.3 Å². The second-order valence-electron chi connectivity index (χ2n) is 3.89. The Morgan fingerprint density at radius 2 is 2.26 bits per heavy atom. The number of carbonyl (C=O) groups excluding carboxylic acids is 1. The van der Waals surface area contributed by atoms with Crippen LogP contribution in [0.3, 0.4) is 0 Å². The van der Waals surface area contributed by atoms with E-state index in [1.807, 2.05) is 0 Å². The summed E-state index contributed by atoms with van der Waals surface area (Å²) in [6.07, 6.45) is 2.86. The smallest absolute Gasteiger partial charge is 0.326 e. The van der Waals surface area contributed by atoms with E-state index in [0.717, 1.165) is 12.3 Å². The number of ether oxygens (including phenoxy) is 1. The molecule has 1 rings (SSSR count). The van der Waals surface area contributed by atoms with E-state index in [-0.39, 0.29) is 12.0 Å². The molecule has 0 saturated heterocycles. The standard InChI is InChI=1S/C12H15FN2O4/c1-19-4-2-3-10(12(17)18)15-11(16)8-5-9(13)7-14-6-8/h5-7,10H,2-4H2,1H3,(H,15,16)(H,17,18). The third kappa shape index (κ3) is 5.01. The first-order valence-electron chi connectivity index (χ1n) is 5.67. The van der Waals surface area contributed by atoms with Gasteiger partial charge in [-0.3, -0.25) is 9.78 Å². The lowest BCUT2D eigenvalue weighted by Crippen LogP contribution is -2.41. The van der Waals surface area contributed by atoms with Crippen molar-refractivity contribution < 1.29 is 23.8 Å². The largest absolute Gasteiger partial charge is 0.480 e. The molecule has 1 aromatic rings. The number of halogens is 1. The van der Waals surface area contributed by atoms with Crippen LogP contribution in [0.25, 0.3) is 0 Å². The number of carboxylic acid groups (broad SMARTS) is 1. The molecule has 0 saturated carbocycles. The van der Waals surface area contributed by atoms with Crippen LogP contribution in [-0.4, -0.2) is 41.7 Å². The third-order valence-electron chi connectivity index (χ3n) is 2.41. The first-order valence-corrected chi connectivity index (χ1v) is 5.67. The van der Waals surface area contributed by atoms with Gasteiger partial charge in [0.25, 0.3) is 5.91 Å². The number of rotatable bonds is 7. The van der Waals surface area contributed by atoms with Gasteiger partial charge in [0.05, 0.1) is 11.8 Å². The summed E-state index contributed by atoms with van der Waals surface area (Å²) in [4.78, 5) is 26.2. The van der Waals surface area contributed by atoms with Gasteiger partial charge in [0, 0.05) is 19.9 Å². The van der Waals surface area contributed by atoms with E-state index in [4.69, 9.17) is 9.84 Å². The van der Waals surface area contributed by atoms with Crippen LogP contribution in [0.4, 0.5) is 4.39 Å². The Balaban J connectivity index is 2.63. The van der Waals surface area contributed by atoms with Gasteiger partial charge in [-0.25, -0.2) is 9.18 Å². The molecule has 1 unspecified atom stereocenters. The van der Waals surface area contributed by atoms with Crippen LogP contribution in [0.2, 0.25) is 0 Å². The number of carboxylic acids is 1. The van der Waals surface area contributed by atoms with E-state index in [1.54, 1.807) is 0 Å². The Morgan fingerprint density at radius 1 is 1.53 bits per heavy atom. The number of nitrogens with zero attached hydrogens (tertiary/aromatic N) is 1. The lowest BCUT2D eigenvalue weighted by Gasteiger charge is -2.14. The highest BCUT2D eigenvalue weighted by Gasteiger charge is 2.20. The molecular formula is C12H15FN2O4. The molecule has 6 nitrogen and oxygen atoms in total. The van der Waals surface area contributed by atoms with Gasteiger partial charge in [-0.05, 0) is 18.9 Å². The molecule has 0 spiro atoms. The number of hydrogen-bond acceptors (Lipinski definition) is 4. The van der Waals surface area contributed by atoms with Crippen molar-refractivity contribution in [3.63, 3.8) is 0 Å². The Morgan fingerprint density at radius 3 is 2.84 bits per heavy atom. The van der Waals surface area contributed by atoms with E-state index in [9.17, 15) is 14.0 Å². The quantitative estimate of drug-likeness (QED) is 0.716. The Labute approximate surface area is 109 Å². The predicted octanol–water partition coefficient (Wildman–Crippen LogP) is 0.830. The summed E-state index contributed by atoms with van der Waals surface area (Å²) in [7, 11) is 1.51. The molecule has 2 N–H and O–H groups in total. The number of aromatic nitrogens is 1. The lowest BCUT2D eigenvalue weighted by atomic mass is 10.1. The van der Waals surface area contributed by atoms with Crippen molar-refractivity contribution in [2.24, 2.45) is 0 Å². The predicted molar refractivity (Wildman–Crippen MR) is 64.2 cm³/mol. The maximum atomic E-state index is 12.9. The molecule has 104 valence electrons. The molecule has 0 aromatic carbocycles. The average molecular weight is 270 g/mol. The molecule has 19 heavy (non-hydrogen) atoms. The number of methoxy groups -OCH3 is 1. The molecule has 1 atom stereocenters. The number of hydrogen-bond donors (Lipinski definition) is 2. The molecule has 0 radical (unpaired) electrons. The van der Waals surface area contributed by atoms with E-state index in [2.05, 4.69) is 10.3 Å². The molecule has 1 aromatic heterocycles. The minimum Gasteiger partial charge on any atom is -0.480 e. The van der Waals surface area contributed by atoms with E-state index >= 15 is 0 Å². The van der Waals surface area contributed by atoms with Gasteiger partial charge in [-0.15, -0.1) is 0 Å². The summed E-state index contributed by atoms with van der Waals surface area (Å²) < 4.78 is 17.7. The number of amides is 1. The second-order valence-corrected chi connectivity index (χ2v) is 3.89. The summed E-state index contributed by atoms with van der Waals surface area (Å²) in [5.74, 6) is -2.47. The van der Waals surface area contributed by atoms with Gasteiger partial charge < -0.3 is 15.2 Å². The summed E-state index contributed by atoms with van der Waals surface area (Å²) in [6, 6.07) is -0.0398. The summed E-state index contributed by atoms with van der Waals surface area (Å²) in [5.41, 5.74) is -0.0157. The van der Waals surface area contributed by atoms with Gasteiger partial charge in [0.15, 0.2) is 0 Å². The Kier molecular flexibility index (Phi) is 5.87. The van der Waals surface area contributed by atoms with Crippen molar-refractivity contribution in [2.75, 3.05) is 13.7 Å². The maximum absolute atomic E-state index is 12.9. The third-order valence-corrected chi connectivity index (χ3v) is 2.41. The fourth-order valence-electron chi connectivity index (χ4n) is 1.47. The minimum absolute atomic E-state index is 0.0157. The summed E-state index contributed by atoms with van der Waals surface area (Å²) >= 11 is 0. The van der Waals surface area contributed by atoms with Crippen LogP contribution >= 0.6 is 0 Å². The zero-order valence-corrected chi connectivity index (χ0v) is 10.4. The first kappa shape index (κ1) is 15.0. The van der Waals surface area contributed by atoms with Crippen molar-refractivity contribution in [3.05, 3.63) is 29.8 Å². The zero-order valence-electron chi connectivity index (χ0n) is 10.4. The molecule has 0 aliphatic rings. The SMILES string of the molecule is COCCCC(NC(=O)c1cncc(F)c1)C(=O)O.